The third-order valence-corrected chi connectivity index (χ3v) is 3.27. The molecule has 5 heteroatoms. The lowest BCUT2D eigenvalue weighted by Gasteiger charge is -2.08. The molecule has 0 saturated carbocycles. The summed E-state index contributed by atoms with van der Waals surface area (Å²) in [6, 6.07) is 1.76. The fourth-order valence-electron chi connectivity index (χ4n) is 0.914. The Morgan fingerprint density at radius 3 is 3.00 bits per heavy atom. The minimum absolute atomic E-state index is 0.0587. The first kappa shape index (κ1) is 11.7. The van der Waals surface area contributed by atoms with Crippen LogP contribution >= 0.6 is 27.7 Å². The molecule has 14 heavy (non-hydrogen) atoms. The van der Waals surface area contributed by atoms with E-state index in [0.717, 1.165) is 4.47 Å². The lowest BCUT2D eigenvalue weighted by molar-refractivity contribution is 0.0950. The number of amides is 1. The van der Waals surface area contributed by atoms with E-state index in [1.807, 2.05) is 6.26 Å². The molecule has 3 nitrogen and oxygen atoms in total. The molecule has 1 rings (SSSR count). The molecule has 0 fully saturated rings. The Kier molecular flexibility index (Phi) is 4.54. The van der Waals surface area contributed by atoms with E-state index in [0.29, 0.717) is 17.5 Å². The van der Waals surface area contributed by atoms with Gasteiger partial charge >= 0.3 is 0 Å². The fraction of sp³-hybridized carbons (Fsp3) is 0.444. The van der Waals surface area contributed by atoms with E-state index in [1.165, 1.54) is 0 Å². The van der Waals surface area contributed by atoms with Gasteiger partial charge in [-0.1, -0.05) is 6.92 Å². The topological polar surface area (TPSA) is 44.9 Å². The number of hydrogen-bond donors (Lipinski definition) is 2. The van der Waals surface area contributed by atoms with E-state index in [-0.39, 0.29) is 5.91 Å². The van der Waals surface area contributed by atoms with Crippen LogP contribution in [0.1, 0.15) is 17.4 Å². The quantitative estimate of drug-likeness (QED) is 0.886. The summed E-state index contributed by atoms with van der Waals surface area (Å²) in [5.41, 5.74) is 0.588. The predicted molar refractivity (Wildman–Crippen MR) is 63.8 cm³/mol. The van der Waals surface area contributed by atoms with Crippen molar-refractivity contribution in [1.29, 1.82) is 0 Å². The number of carbonyl (C=O) groups is 1. The summed E-state index contributed by atoms with van der Waals surface area (Å²) in [4.78, 5) is 14.4. The average molecular weight is 277 g/mol. The van der Waals surface area contributed by atoms with Crippen molar-refractivity contribution in [2.24, 2.45) is 0 Å². The Morgan fingerprint density at radius 1 is 1.79 bits per heavy atom. The van der Waals surface area contributed by atoms with Crippen molar-refractivity contribution in [3.63, 3.8) is 0 Å². The maximum atomic E-state index is 11.5. The first-order valence-corrected chi connectivity index (χ1v) is 6.36. The Bertz CT molecular complexity index is 314. The fourth-order valence-corrected chi connectivity index (χ4v) is 1.51. The molecule has 78 valence electrons. The van der Waals surface area contributed by atoms with Gasteiger partial charge in [0.25, 0.3) is 5.91 Å². The summed E-state index contributed by atoms with van der Waals surface area (Å²) in [5.74, 6) is -0.0587. The number of hydrogen-bond acceptors (Lipinski definition) is 2. The van der Waals surface area contributed by atoms with E-state index in [2.05, 4.69) is 33.2 Å². The van der Waals surface area contributed by atoms with Crippen LogP contribution in [0.15, 0.2) is 16.7 Å². The molecule has 1 heterocycles. The summed E-state index contributed by atoms with van der Waals surface area (Å²) in [5, 5.41) is 3.29. The second-order valence-electron chi connectivity index (χ2n) is 2.99. The number of aromatic nitrogens is 1. The maximum Gasteiger partial charge on any atom is 0.267 e. The zero-order valence-electron chi connectivity index (χ0n) is 8.13. The molecule has 2 N–H and O–H groups in total. The standard InChI is InChI=1S/C9H13BrN2OS/c1-6(14-2)4-12-9(13)8-3-7(10)5-11-8/h3,5-6,11H,4H2,1-2H3,(H,12,13). The molecular weight excluding hydrogens is 264 g/mol. The van der Waals surface area contributed by atoms with Crippen LogP contribution in [0, 0.1) is 0 Å². The molecule has 0 aliphatic heterocycles. The lowest BCUT2D eigenvalue weighted by atomic mass is 10.4. The van der Waals surface area contributed by atoms with Crippen molar-refractivity contribution in [3.8, 4) is 0 Å². The Hall–Kier alpha value is -0.420. The van der Waals surface area contributed by atoms with E-state index >= 15 is 0 Å². The summed E-state index contributed by atoms with van der Waals surface area (Å²) in [6.07, 6.45) is 3.77. The highest BCUT2D eigenvalue weighted by Gasteiger charge is 2.08. The van der Waals surface area contributed by atoms with Crippen LogP contribution in [0.2, 0.25) is 0 Å². The van der Waals surface area contributed by atoms with Crippen molar-refractivity contribution in [3.05, 3.63) is 22.4 Å². The molecule has 0 radical (unpaired) electrons. The van der Waals surface area contributed by atoms with Crippen LogP contribution in [0.3, 0.4) is 0 Å². The Balaban J connectivity index is 2.43. The molecule has 1 amide bonds. The SMILES string of the molecule is CSC(C)CNC(=O)c1cc(Br)c[nH]1. The summed E-state index contributed by atoms with van der Waals surface area (Å²) in [6.45, 7) is 2.77. The zero-order valence-corrected chi connectivity index (χ0v) is 10.5. The first-order chi connectivity index (χ1) is 6.63. The minimum Gasteiger partial charge on any atom is -0.356 e. The number of rotatable bonds is 4. The predicted octanol–water partition coefficient (Wildman–Crippen LogP) is 2.26. The van der Waals surface area contributed by atoms with Crippen molar-refractivity contribution in [2.45, 2.75) is 12.2 Å². The van der Waals surface area contributed by atoms with Gasteiger partial charge in [0, 0.05) is 22.5 Å². The van der Waals surface area contributed by atoms with E-state index < -0.39 is 0 Å². The van der Waals surface area contributed by atoms with Gasteiger partial charge in [0.15, 0.2) is 0 Å². The highest BCUT2D eigenvalue weighted by Crippen LogP contribution is 2.10. The van der Waals surface area contributed by atoms with Crippen LogP contribution in [-0.4, -0.2) is 28.9 Å². The van der Waals surface area contributed by atoms with E-state index in [4.69, 9.17) is 0 Å². The summed E-state index contributed by atoms with van der Waals surface area (Å²) >= 11 is 5.01. The number of thioether (sulfide) groups is 1. The summed E-state index contributed by atoms with van der Waals surface area (Å²) in [7, 11) is 0. The van der Waals surface area contributed by atoms with Crippen molar-refractivity contribution in [1.82, 2.24) is 10.3 Å². The molecule has 1 atom stereocenters. The zero-order chi connectivity index (χ0) is 10.6. The van der Waals surface area contributed by atoms with Gasteiger partial charge < -0.3 is 10.3 Å². The highest BCUT2D eigenvalue weighted by molar-refractivity contribution is 9.10. The van der Waals surface area contributed by atoms with Gasteiger partial charge in [-0.2, -0.15) is 11.8 Å². The lowest BCUT2D eigenvalue weighted by Crippen LogP contribution is -2.29. The molecule has 0 saturated heterocycles. The number of nitrogens with one attached hydrogen (secondary N) is 2. The monoisotopic (exact) mass is 276 g/mol. The third-order valence-electron chi connectivity index (χ3n) is 1.84. The van der Waals surface area contributed by atoms with Gasteiger partial charge in [-0.05, 0) is 28.3 Å². The Labute approximate surface area is 96.2 Å². The van der Waals surface area contributed by atoms with Crippen LogP contribution in [0.4, 0.5) is 0 Å². The van der Waals surface area contributed by atoms with Crippen LogP contribution in [0.5, 0.6) is 0 Å². The van der Waals surface area contributed by atoms with Crippen LogP contribution in [0.25, 0.3) is 0 Å². The normalized spacial score (nSPS) is 12.5. The van der Waals surface area contributed by atoms with Gasteiger partial charge in [0.2, 0.25) is 0 Å². The largest absolute Gasteiger partial charge is 0.356 e. The first-order valence-electron chi connectivity index (χ1n) is 4.28. The molecule has 0 bridgehead atoms. The molecule has 0 aliphatic rings. The van der Waals surface area contributed by atoms with Gasteiger partial charge in [0.1, 0.15) is 5.69 Å². The van der Waals surface area contributed by atoms with Crippen LogP contribution < -0.4 is 5.32 Å². The van der Waals surface area contributed by atoms with Gasteiger partial charge in [-0.15, -0.1) is 0 Å². The smallest absolute Gasteiger partial charge is 0.267 e. The average Bonchev–Trinajstić information content (AvgIpc) is 2.60. The third kappa shape index (κ3) is 3.38. The minimum atomic E-state index is -0.0587. The summed E-state index contributed by atoms with van der Waals surface area (Å²) < 4.78 is 0.889. The highest BCUT2D eigenvalue weighted by atomic mass is 79.9. The second-order valence-corrected chi connectivity index (χ2v) is 5.18. The Morgan fingerprint density at radius 2 is 2.50 bits per heavy atom. The molecule has 0 aliphatic carbocycles. The maximum absolute atomic E-state index is 11.5. The molecule has 1 unspecified atom stereocenters. The van der Waals surface area contributed by atoms with E-state index in [9.17, 15) is 4.79 Å². The van der Waals surface area contributed by atoms with E-state index in [1.54, 1.807) is 24.0 Å². The molecule has 1 aromatic rings. The molecule has 0 spiro atoms. The number of halogens is 1. The van der Waals surface area contributed by atoms with Gasteiger partial charge in [-0.25, -0.2) is 0 Å². The second kappa shape index (κ2) is 5.46. The number of carbonyl (C=O) groups excluding carboxylic acids is 1. The van der Waals surface area contributed by atoms with Crippen molar-refractivity contribution >= 4 is 33.6 Å². The van der Waals surface area contributed by atoms with Gasteiger partial charge in [0.05, 0.1) is 0 Å². The van der Waals surface area contributed by atoms with Gasteiger partial charge in [-0.3, -0.25) is 4.79 Å². The number of H-pyrrole nitrogens is 1. The van der Waals surface area contributed by atoms with Crippen molar-refractivity contribution < 1.29 is 4.79 Å². The van der Waals surface area contributed by atoms with Crippen molar-refractivity contribution in [2.75, 3.05) is 12.8 Å². The number of aromatic amines is 1. The van der Waals surface area contributed by atoms with Crippen LogP contribution in [-0.2, 0) is 0 Å². The molecular formula is C9H13BrN2OS. The molecule has 0 aromatic carbocycles. The molecule has 1 aromatic heterocycles.